The highest BCUT2D eigenvalue weighted by atomic mass is 35.5. The lowest BCUT2D eigenvalue weighted by molar-refractivity contribution is -0.119. The summed E-state index contributed by atoms with van der Waals surface area (Å²) in [4.78, 5) is 49.4. The van der Waals surface area contributed by atoms with Crippen LogP contribution < -0.4 is 20.9 Å². The largest absolute Gasteiger partial charge is 0.481 e. The maximum Gasteiger partial charge on any atom is 0.410 e. The quantitative estimate of drug-likeness (QED) is 0.124. The molecule has 0 radical (unpaired) electrons. The van der Waals surface area contributed by atoms with Gasteiger partial charge in [0, 0.05) is 85.0 Å². The summed E-state index contributed by atoms with van der Waals surface area (Å²) < 4.78 is 18.2. The van der Waals surface area contributed by atoms with Gasteiger partial charge in [-0.3, -0.25) is 14.0 Å². The normalized spacial score (nSPS) is 14.8. The van der Waals surface area contributed by atoms with Crippen LogP contribution in [0.2, 0.25) is 10.0 Å². The molecule has 0 saturated carbocycles. The molecule has 14 heteroatoms. The highest BCUT2D eigenvalue weighted by Crippen LogP contribution is 2.42. The SMILES string of the molecule is COc1nc(-c2cccc(-c3cccc(-c4ccn5c(=O)c(CNC[C@H](C)OC)cnc5c4)c3Cl)c2Cl)ccc1CN(C[C@@H]1CCC(=O)N1)C(=O)OC(C)(C)C. The molecule has 12 nitrogen and oxygen atoms in total. The standard InChI is InChI=1S/C42H46Cl2N6O6/c1-25(54-5)20-45-21-28-22-46-35-19-26(17-18-50(35)40(28)52)30-9-7-10-31(37(30)43)32-11-8-12-33(38(32)44)34-15-13-27(39(48-34)55-6)23-49(41(53)56-42(2,3)4)24-29-14-16-36(51)47-29/h7-13,15,17-19,22,25,29,45H,14,16,20-21,23-24H2,1-6H3,(H,47,51)/t25-,29-/m0/s1. The number of nitrogens with zero attached hydrogens (tertiary/aromatic N) is 4. The molecule has 56 heavy (non-hydrogen) atoms. The van der Waals surface area contributed by atoms with Gasteiger partial charge in [0.15, 0.2) is 0 Å². The summed E-state index contributed by atoms with van der Waals surface area (Å²) in [7, 11) is 3.17. The lowest BCUT2D eigenvalue weighted by atomic mass is 9.97. The first-order valence-corrected chi connectivity index (χ1v) is 19.1. The van der Waals surface area contributed by atoms with Crippen LogP contribution in [0.1, 0.15) is 51.7 Å². The molecule has 1 saturated heterocycles. The monoisotopic (exact) mass is 800 g/mol. The molecule has 2 atom stereocenters. The third-order valence-electron chi connectivity index (χ3n) is 9.48. The van der Waals surface area contributed by atoms with Crippen molar-refractivity contribution in [3.8, 4) is 39.4 Å². The van der Waals surface area contributed by atoms with E-state index in [4.69, 9.17) is 42.4 Å². The number of hydrogen-bond donors (Lipinski definition) is 2. The Morgan fingerprint density at radius 1 is 1.00 bits per heavy atom. The van der Waals surface area contributed by atoms with Crippen molar-refractivity contribution in [3.63, 3.8) is 0 Å². The number of carbonyl (C=O) groups is 2. The highest BCUT2D eigenvalue weighted by Gasteiger charge is 2.29. The molecule has 0 bridgehead atoms. The lowest BCUT2D eigenvalue weighted by Gasteiger charge is -2.29. The summed E-state index contributed by atoms with van der Waals surface area (Å²) in [6.45, 7) is 8.79. The minimum atomic E-state index is -0.705. The zero-order valence-electron chi connectivity index (χ0n) is 32.3. The molecule has 2 N–H and O–H groups in total. The van der Waals surface area contributed by atoms with E-state index in [0.29, 0.717) is 81.0 Å². The van der Waals surface area contributed by atoms with E-state index in [1.54, 1.807) is 24.4 Å². The van der Waals surface area contributed by atoms with Gasteiger partial charge in [0.25, 0.3) is 5.56 Å². The molecule has 2 aromatic carbocycles. The van der Waals surface area contributed by atoms with Gasteiger partial charge in [0.1, 0.15) is 11.2 Å². The molecule has 294 valence electrons. The van der Waals surface area contributed by atoms with Crippen molar-refractivity contribution in [1.82, 2.24) is 29.9 Å². The van der Waals surface area contributed by atoms with E-state index in [2.05, 4.69) is 15.6 Å². The predicted molar refractivity (Wildman–Crippen MR) is 218 cm³/mol. The van der Waals surface area contributed by atoms with Gasteiger partial charge < -0.3 is 29.7 Å². The average molecular weight is 802 g/mol. The number of aromatic nitrogens is 3. The molecule has 3 aromatic heterocycles. The number of nitrogens with one attached hydrogen (secondary N) is 2. The van der Waals surface area contributed by atoms with Gasteiger partial charge in [-0.05, 0) is 63.9 Å². The Labute approximate surface area is 336 Å². The summed E-state index contributed by atoms with van der Waals surface area (Å²) in [6, 6.07) is 18.5. The molecule has 1 aliphatic heterocycles. The Morgan fingerprint density at radius 2 is 1.70 bits per heavy atom. The number of carbonyl (C=O) groups excluding carboxylic acids is 2. The molecule has 0 spiro atoms. The van der Waals surface area contributed by atoms with Crippen LogP contribution in [0.3, 0.4) is 0 Å². The predicted octanol–water partition coefficient (Wildman–Crippen LogP) is 7.55. The topological polar surface area (TPSA) is 136 Å². The molecule has 1 fully saturated rings. The maximum absolute atomic E-state index is 13.3. The van der Waals surface area contributed by atoms with E-state index in [1.165, 1.54) is 11.5 Å². The minimum Gasteiger partial charge on any atom is -0.481 e. The number of hydrogen-bond acceptors (Lipinski definition) is 9. The smallest absolute Gasteiger partial charge is 0.410 e. The molecular weight excluding hydrogens is 755 g/mol. The van der Waals surface area contributed by atoms with Crippen LogP contribution in [0.5, 0.6) is 5.88 Å². The van der Waals surface area contributed by atoms with Crippen molar-refractivity contribution in [2.45, 2.75) is 71.4 Å². The van der Waals surface area contributed by atoms with Crippen molar-refractivity contribution in [1.29, 1.82) is 0 Å². The summed E-state index contributed by atoms with van der Waals surface area (Å²) in [5.74, 6) is 0.284. The van der Waals surface area contributed by atoms with Gasteiger partial charge in [-0.15, -0.1) is 0 Å². The average Bonchev–Trinajstić information content (AvgIpc) is 3.59. The second-order valence-electron chi connectivity index (χ2n) is 14.8. The molecule has 1 aliphatic rings. The molecule has 2 amide bonds. The van der Waals surface area contributed by atoms with Crippen LogP contribution in [-0.4, -0.2) is 76.3 Å². The molecule has 6 rings (SSSR count). The first kappa shape index (κ1) is 40.6. The van der Waals surface area contributed by atoms with Gasteiger partial charge in [-0.2, -0.15) is 0 Å². The number of pyridine rings is 2. The van der Waals surface area contributed by atoms with E-state index in [0.717, 1.165) is 11.1 Å². The molecule has 4 heterocycles. The zero-order valence-corrected chi connectivity index (χ0v) is 33.8. The van der Waals surface area contributed by atoms with E-state index < -0.39 is 11.7 Å². The van der Waals surface area contributed by atoms with E-state index in [1.807, 2.05) is 88.4 Å². The fourth-order valence-electron chi connectivity index (χ4n) is 6.53. The van der Waals surface area contributed by atoms with Gasteiger partial charge in [-0.1, -0.05) is 59.6 Å². The van der Waals surface area contributed by atoms with Crippen molar-refractivity contribution >= 4 is 40.8 Å². The first-order chi connectivity index (χ1) is 26.8. The Morgan fingerprint density at radius 3 is 2.36 bits per heavy atom. The minimum absolute atomic E-state index is 0.0221. The number of fused-ring (bicyclic) bond motifs is 1. The number of rotatable bonds is 13. The summed E-state index contributed by atoms with van der Waals surface area (Å²) in [6.07, 6.45) is 3.87. The van der Waals surface area contributed by atoms with Gasteiger partial charge in [0.05, 0.1) is 35.5 Å². The van der Waals surface area contributed by atoms with Crippen LogP contribution >= 0.6 is 23.2 Å². The van der Waals surface area contributed by atoms with E-state index >= 15 is 0 Å². The Bertz CT molecular complexity index is 2310. The maximum atomic E-state index is 13.3. The number of benzene rings is 2. The second-order valence-corrected chi connectivity index (χ2v) is 15.5. The molecule has 5 aromatic rings. The van der Waals surface area contributed by atoms with Crippen LogP contribution in [0.25, 0.3) is 39.2 Å². The summed E-state index contributed by atoms with van der Waals surface area (Å²) >= 11 is 14.3. The Hall–Kier alpha value is -5.01. The molecule has 0 unspecified atom stereocenters. The fraction of sp³-hybridized carbons (Fsp3) is 0.357. The van der Waals surface area contributed by atoms with Crippen LogP contribution in [-0.2, 0) is 27.4 Å². The van der Waals surface area contributed by atoms with Crippen LogP contribution in [0.4, 0.5) is 4.79 Å². The second kappa shape index (κ2) is 17.4. The highest BCUT2D eigenvalue weighted by molar-refractivity contribution is 6.39. The Kier molecular flexibility index (Phi) is 12.6. The first-order valence-electron chi connectivity index (χ1n) is 18.4. The van der Waals surface area contributed by atoms with Crippen molar-refractivity contribution in [3.05, 3.63) is 105 Å². The number of methoxy groups -OCH3 is 2. The zero-order chi connectivity index (χ0) is 40.1. The number of ether oxygens (including phenoxy) is 3. The van der Waals surface area contributed by atoms with Gasteiger partial charge >= 0.3 is 6.09 Å². The Balaban J connectivity index is 1.27. The lowest BCUT2D eigenvalue weighted by Crippen LogP contribution is -2.43. The third kappa shape index (κ3) is 9.33. The third-order valence-corrected chi connectivity index (χ3v) is 10.3. The van der Waals surface area contributed by atoms with Gasteiger partial charge in [-0.25, -0.2) is 14.8 Å². The van der Waals surface area contributed by atoms with E-state index in [9.17, 15) is 14.4 Å². The van der Waals surface area contributed by atoms with Crippen molar-refractivity contribution < 1.29 is 23.8 Å². The van der Waals surface area contributed by atoms with Crippen molar-refractivity contribution in [2.75, 3.05) is 27.3 Å². The van der Waals surface area contributed by atoms with Crippen LogP contribution in [0.15, 0.2) is 77.9 Å². The van der Waals surface area contributed by atoms with Gasteiger partial charge in [0.2, 0.25) is 11.8 Å². The molecule has 0 aliphatic carbocycles. The van der Waals surface area contributed by atoms with E-state index in [-0.39, 0.29) is 36.7 Å². The number of halogens is 2. The molecular formula is C42H46Cl2N6O6. The summed E-state index contributed by atoms with van der Waals surface area (Å²) in [5, 5.41) is 7.08. The number of amides is 2. The fourth-order valence-corrected chi connectivity index (χ4v) is 7.19. The van der Waals surface area contributed by atoms with Crippen LogP contribution in [0, 0.1) is 0 Å². The van der Waals surface area contributed by atoms with Crippen molar-refractivity contribution in [2.24, 2.45) is 0 Å². The summed E-state index contributed by atoms with van der Waals surface area (Å²) in [5.41, 5.74) is 5.00.